The number of carbonyl (C=O) groups is 1. The largest absolute Gasteiger partial charge is 0.444 e. The Kier molecular flexibility index (Phi) is 4.43. The predicted octanol–water partition coefficient (Wildman–Crippen LogP) is 4.29. The molecular formula is C11H13ClINO2. The fraction of sp³-hybridized carbons (Fsp3) is 0.364. The fourth-order valence-corrected chi connectivity index (χ4v) is 1.66. The van der Waals surface area contributed by atoms with Gasteiger partial charge in [0.1, 0.15) is 5.60 Å². The lowest BCUT2D eigenvalue weighted by atomic mass is 10.2. The van der Waals surface area contributed by atoms with Crippen molar-refractivity contribution in [2.45, 2.75) is 26.4 Å². The van der Waals surface area contributed by atoms with E-state index in [0.29, 0.717) is 10.7 Å². The van der Waals surface area contributed by atoms with Crippen molar-refractivity contribution >= 4 is 46.0 Å². The zero-order chi connectivity index (χ0) is 12.3. The lowest BCUT2D eigenvalue weighted by Crippen LogP contribution is -2.27. The quantitative estimate of drug-likeness (QED) is 0.765. The third-order valence-electron chi connectivity index (χ3n) is 1.56. The molecule has 0 radical (unpaired) electrons. The van der Waals surface area contributed by atoms with Crippen LogP contribution in [0.2, 0.25) is 5.02 Å². The number of benzene rings is 1. The summed E-state index contributed by atoms with van der Waals surface area (Å²) >= 11 is 8.08. The minimum absolute atomic E-state index is 0.492. The predicted molar refractivity (Wildman–Crippen MR) is 74.0 cm³/mol. The maximum absolute atomic E-state index is 11.5. The maximum Gasteiger partial charge on any atom is 0.412 e. The van der Waals surface area contributed by atoms with Gasteiger partial charge in [0.05, 0.1) is 10.7 Å². The zero-order valence-electron chi connectivity index (χ0n) is 9.30. The van der Waals surface area contributed by atoms with Gasteiger partial charge in [-0.05, 0) is 61.6 Å². The Hall–Kier alpha value is -0.490. The molecule has 0 heterocycles. The van der Waals surface area contributed by atoms with Gasteiger partial charge in [0.15, 0.2) is 0 Å². The van der Waals surface area contributed by atoms with E-state index in [9.17, 15) is 4.79 Å². The molecule has 0 aliphatic heterocycles. The highest BCUT2D eigenvalue weighted by Gasteiger charge is 2.16. The topological polar surface area (TPSA) is 38.3 Å². The number of rotatable bonds is 1. The van der Waals surface area contributed by atoms with Gasteiger partial charge in [-0.3, -0.25) is 5.32 Å². The number of hydrogen-bond donors (Lipinski definition) is 1. The van der Waals surface area contributed by atoms with Gasteiger partial charge in [0.2, 0.25) is 0 Å². The molecule has 0 saturated carbocycles. The highest BCUT2D eigenvalue weighted by atomic mass is 127. The molecule has 1 amide bonds. The lowest BCUT2D eigenvalue weighted by molar-refractivity contribution is 0.0636. The van der Waals surface area contributed by atoms with Crippen LogP contribution in [0.25, 0.3) is 0 Å². The first-order chi connectivity index (χ1) is 7.28. The molecule has 1 rings (SSSR count). The fourth-order valence-electron chi connectivity index (χ4n) is 1.01. The van der Waals surface area contributed by atoms with E-state index in [4.69, 9.17) is 16.3 Å². The first kappa shape index (κ1) is 13.6. The van der Waals surface area contributed by atoms with E-state index in [1.54, 1.807) is 12.1 Å². The molecule has 0 atom stereocenters. The summed E-state index contributed by atoms with van der Waals surface area (Å²) in [6.45, 7) is 5.43. The smallest absolute Gasteiger partial charge is 0.412 e. The summed E-state index contributed by atoms with van der Waals surface area (Å²) in [5, 5.41) is 3.10. The van der Waals surface area contributed by atoms with Crippen LogP contribution in [0.1, 0.15) is 20.8 Å². The highest BCUT2D eigenvalue weighted by molar-refractivity contribution is 14.1. The van der Waals surface area contributed by atoms with Crippen LogP contribution >= 0.6 is 34.2 Å². The van der Waals surface area contributed by atoms with E-state index in [1.807, 2.05) is 26.8 Å². The van der Waals surface area contributed by atoms with Crippen molar-refractivity contribution < 1.29 is 9.53 Å². The Morgan fingerprint density at radius 3 is 2.62 bits per heavy atom. The molecule has 1 aromatic carbocycles. The van der Waals surface area contributed by atoms with Crippen LogP contribution in [0.15, 0.2) is 18.2 Å². The van der Waals surface area contributed by atoms with Gasteiger partial charge in [0.25, 0.3) is 0 Å². The Morgan fingerprint density at radius 1 is 1.44 bits per heavy atom. The van der Waals surface area contributed by atoms with Crippen LogP contribution in [0.5, 0.6) is 0 Å². The van der Waals surface area contributed by atoms with Crippen LogP contribution in [0.3, 0.4) is 0 Å². The average molecular weight is 354 g/mol. The molecule has 0 fully saturated rings. The standard InChI is InChI=1S/C11H13ClINO2/c1-11(2,3)16-10(15)14-9-6-7(13)4-5-8(9)12/h4-6H,1-3H3,(H,14,15). The Morgan fingerprint density at radius 2 is 2.06 bits per heavy atom. The SMILES string of the molecule is CC(C)(C)OC(=O)Nc1cc(I)ccc1Cl. The van der Waals surface area contributed by atoms with Crippen molar-refractivity contribution in [2.75, 3.05) is 5.32 Å². The van der Waals surface area contributed by atoms with Gasteiger partial charge >= 0.3 is 6.09 Å². The summed E-state index contributed by atoms with van der Waals surface area (Å²) < 4.78 is 6.12. The van der Waals surface area contributed by atoms with Crippen molar-refractivity contribution in [3.63, 3.8) is 0 Å². The van der Waals surface area contributed by atoms with Gasteiger partial charge < -0.3 is 4.74 Å². The van der Waals surface area contributed by atoms with Gasteiger partial charge in [-0.25, -0.2) is 4.79 Å². The van der Waals surface area contributed by atoms with Crippen molar-refractivity contribution in [1.29, 1.82) is 0 Å². The van der Waals surface area contributed by atoms with E-state index < -0.39 is 11.7 Å². The molecule has 0 saturated heterocycles. The van der Waals surface area contributed by atoms with Crippen molar-refractivity contribution in [3.8, 4) is 0 Å². The van der Waals surface area contributed by atoms with Crippen LogP contribution in [-0.2, 0) is 4.74 Å². The Labute approximate surface area is 114 Å². The molecule has 0 unspecified atom stereocenters. The molecular weight excluding hydrogens is 340 g/mol. The first-order valence-corrected chi connectivity index (χ1v) is 6.19. The monoisotopic (exact) mass is 353 g/mol. The molecule has 0 aliphatic rings. The van der Waals surface area contributed by atoms with Gasteiger partial charge in [0, 0.05) is 3.57 Å². The third kappa shape index (κ3) is 4.57. The first-order valence-electron chi connectivity index (χ1n) is 4.73. The lowest BCUT2D eigenvalue weighted by Gasteiger charge is -2.20. The molecule has 0 spiro atoms. The van der Waals surface area contributed by atoms with Crippen LogP contribution in [0.4, 0.5) is 10.5 Å². The normalized spacial score (nSPS) is 11.1. The molecule has 16 heavy (non-hydrogen) atoms. The number of hydrogen-bond acceptors (Lipinski definition) is 2. The number of ether oxygens (including phenoxy) is 1. The second-order valence-corrected chi connectivity index (χ2v) is 5.90. The molecule has 0 aromatic heterocycles. The van der Waals surface area contributed by atoms with E-state index in [2.05, 4.69) is 27.9 Å². The van der Waals surface area contributed by atoms with Gasteiger partial charge in [-0.15, -0.1) is 0 Å². The minimum Gasteiger partial charge on any atom is -0.444 e. The van der Waals surface area contributed by atoms with Crippen molar-refractivity contribution in [3.05, 3.63) is 26.8 Å². The van der Waals surface area contributed by atoms with Gasteiger partial charge in [-0.1, -0.05) is 11.6 Å². The number of amides is 1. The minimum atomic E-state index is -0.515. The van der Waals surface area contributed by atoms with Crippen LogP contribution in [0, 0.1) is 3.57 Å². The zero-order valence-corrected chi connectivity index (χ0v) is 12.2. The summed E-state index contributed by atoms with van der Waals surface area (Å²) in [4.78, 5) is 11.5. The summed E-state index contributed by atoms with van der Waals surface area (Å²) in [6, 6.07) is 5.38. The highest BCUT2D eigenvalue weighted by Crippen LogP contribution is 2.24. The Balaban J connectivity index is 2.73. The van der Waals surface area contributed by atoms with Crippen molar-refractivity contribution in [2.24, 2.45) is 0 Å². The van der Waals surface area contributed by atoms with E-state index in [-0.39, 0.29) is 0 Å². The Bertz CT molecular complexity index is 401. The summed E-state index contributed by atoms with van der Waals surface area (Å²) in [6.07, 6.45) is -0.503. The average Bonchev–Trinajstić information content (AvgIpc) is 2.08. The molecule has 3 nitrogen and oxygen atoms in total. The second kappa shape index (κ2) is 5.23. The maximum atomic E-state index is 11.5. The molecule has 5 heteroatoms. The number of anilines is 1. The summed E-state index contributed by atoms with van der Waals surface area (Å²) in [7, 11) is 0. The summed E-state index contributed by atoms with van der Waals surface area (Å²) in [5.74, 6) is 0. The van der Waals surface area contributed by atoms with Crippen LogP contribution in [-0.4, -0.2) is 11.7 Å². The number of carbonyl (C=O) groups excluding carboxylic acids is 1. The van der Waals surface area contributed by atoms with Crippen LogP contribution < -0.4 is 5.32 Å². The molecule has 1 aromatic rings. The number of nitrogens with one attached hydrogen (secondary N) is 1. The van der Waals surface area contributed by atoms with E-state index in [1.165, 1.54) is 0 Å². The van der Waals surface area contributed by atoms with Gasteiger partial charge in [-0.2, -0.15) is 0 Å². The molecule has 0 bridgehead atoms. The van der Waals surface area contributed by atoms with E-state index >= 15 is 0 Å². The second-order valence-electron chi connectivity index (χ2n) is 4.25. The number of halogens is 2. The summed E-state index contributed by atoms with van der Waals surface area (Å²) in [5.41, 5.74) is 0.0428. The molecule has 0 aliphatic carbocycles. The third-order valence-corrected chi connectivity index (χ3v) is 2.56. The van der Waals surface area contributed by atoms with Crippen molar-refractivity contribution in [1.82, 2.24) is 0 Å². The molecule has 1 N–H and O–H groups in total. The molecule has 88 valence electrons. The van der Waals surface area contributed by atoms with E-state index in [0.717, 1.165) is 3.57 Å².